The summed E-state index contributed by atoms with van der Waals surface area (Å²) in [4.78, 5) is 13.4. The molecule has 0 N–H and O–H groups in total. The lowest BCUT2D eigenvalue weighted by molar-refractivity contribution is -0.132. The van der Waals surface area contributed by atoms with Crippen LogP contribution in [0, 0.1) is 5.82 Å². The number of rotatable bonds is 4. The second-order valence-electron chi connectivity index (χ2n) is 4.73. The molecule has 0 radical (unpaired) electrons. The second-order valence-corrected chi connectivity index (χ2v) is 7.20. The normalized spacial score (nSPS) is 16.0. The molecule has 0 unspecified atom stereocenters. The molecule has 21 heavy (non-hydrogen) atoms. The van der Waals surface area contributed by atoms with Crippen LogP contribution in [0.15, 0.2) is 18.2 Å². The van der Waals surface area contributed by atoms with Gasteiger partial charge in [-0.15, -0.1) is 0 Å². The molecule has 0 aliphatic carbocycles. The smallest absolute Gasteiger partial charge is 0.237 e. The van der Waals surface area contributed by atoms with Crippen molar-refractivity contribution in [2.75, 3.05) is 32.1 Å². The first-order valence-electron chi connectivity index (χ1n) is 6.38. The van der Waals surface area contributed by atoms with E-state index in [1.807, 2.05) is 0 Å². The van der Waals surface area contributed by atoms with Gasteiger partial charge in [-0.2, -0.15) is 0 Å². The number of nitrogens with zero attached hydrogens (tertiary/aromatic N) is 1. The van der Waals surface area contributed by atoms with Crippen LogP contribution >= 0.6 is 11.6 Å². The molecule has 0 atom stereocenters. The third kappa shape index (κ3) is 4.39. The molecule has 5 nitrogen and oxygen atoms in total. The highest BCUT2D eigenvalue weighted by Crippen LogP contribution is 2.21. The van der Waals surface area contributed by atoms with Crippen molar-refractivity contribution in [2.24, 2.45) is 0 Å². The lowest BCUT2D eigenvalue weighted by atomic mass is 10.2. The van der Waals surface area contributed by atoms with Crippen LogP contribution in [0.5, 0.6) is 0 Å². The molecule has 1 aliphatic heterocycles. The molecule has 1 aromatic carbocycles. The van der Waals surface area contributed by atoms with Gasteiger partial charge in [-0.3, -0.25) is 4.79 Å². The Balaban J connectivity index is 2.06. The molecular weight excluding hydrogens is 321 g/mol. The molecular formula is C13H15ClFNO4S. The van der Waals surface area contributed by atoms with Crippen LogP contribution in [0.4, 0.5) is 4.39 Å². The van der Waals surface area contributed by atoms with Crippen molar-refractivity contribution < 1.29 is 22.3 Å². The molecule has 1 saturated heterocycles. The number of morpholine rings is 1. The number of benzene rings is 1. The average molecular weight is 336 g/mol. The van der Waals surface area contributed by atoms with E-state index < -0.39 is 33.1 Å². The Morgan fingerprint density at radius 1 is 1.33 bits per heavy atom. The number of ether oxygens (including phenoxy) is 1. The van der Waals surface area contributed by atoms with E-state index in [0.717, 1.165) is 6.07 Å². The van der Waals surface area contributed by atoms with E-state index >= 15 is 0 Å². The van der Waals surface area contributed by atoms with E-state index in [4.69, 9.17) is 16.3 Å². The summed E-state index contributed by atoms with van der Waals surface area (Å²) in [7, 11) is -3.78. The number of halogens is 2. The molecule has 1 amide bonds. The minimum absolute atomic E-state index is 0.0393. The largest absolute Gasteiger partial charge is 0.378 e. The number of sulfone groups is 1. The Hall–Kier alpha value is -1.18. The van der Waals surface area contributed by atoms with Gasteiger partial charge in [-0.25, -0.2) is 12.8 Å². The minimum Gasteiger partial charge on any atom is -0.378 e. The van der Waals surface area contributed by atoms with Gasteiger partial charge in [0.1, 0.15) is 11.6 Å². The highest BCUT2D eigenvalue weighted by atomic mass is 35.5. The summed E-state index contributed by atoms with van der Waals surface area (Å²) in [6.07, 6.45) is 0. The molecule has 1 aliphatic rings. The molecule has 0 aromatic heterocycles. The summed E-state index contributed by atoms with van der Waals surface area (Å²) in [6.45, 7) is 1.53. The summed E-state index contributed by atoms with van der Waals surface area (Å²) < 4.78 is 42.8. The summed E-state index contributed by atoms with van der Waals surface area (Å²) >= 11 is 5.80. The highest BCUT2D eigenvalue weighted by Gasteiger charge is 2.25. The number of amides is 1. The molecule has 116 valence electrons. The van der Waals surface area contributed by atoms with Gasteiger partial charge in [0, 0.05) is 23.7 Å². The third-order valence-corrected chi connectivity index (χ3v) is 4.90. The topological polar surface area (TPSA) is 63.7 Å². The van der Waals surface area contributed by atoms with Crippen molar-refractivity contribution in [3.63, 3.8) is 0 Å². The fourth-order valence-corrected chi connectivity index (χ4v) is 3.74. The van der Waals surface area contributed by atoms with Gasteiger partial charge >= 0.3 is 0 Å². The van der Waals surface area contributed by atoms with Crippen molar-refractivity contribution in [3.05, 3.63) is 34.6 Å². The average Bonchev–Trinajstić information content (AvgIpc) is 2.43. The van der Waals surface area contributed by atoms with E-state index in [-0.39, 0.29) is 10.6 Å². The zero-order valence-electron chi connectivity index (χ0n) is 11.2. The predicted octanol–water partition coefficient (Wildman–Crippen LogP) is 1.25. The maximum Gasteiger partial charge on any atom is 0.237 e. The Morgan fingerprint density at radius 2 is 2.00 bits per heavy atom. The summed E-state index contributed by atoms with van der Waals surface area (Å²) in [5, 5.41) is 0.0393. The van der Waals surface area contributed by atoms with Crippen molar-refractivity contribution in [2.45, 2.75) is 5.75 Å². The quantitative estimate of drug-likeness (QED) is 0.831. The number of carbonyl (C=O) groups is 1. The monoisotopic (exact) mass is 335 g/mol. The predicted molar refractivity (Wildman–Crippen MR) is 76.3 cm³/mol. The van der Waals surface area contributed by atoms with Gasteiger partial charge in [-0.05, 0) is 12.1 Å². The number of hydrogen-bond acceptors (Lipinski definition) is 4. The Kier molecular flexibility index (Phi) is 5.18. The maximum atomic E-state index is 13.6. The SMILES string of the molecule is O=C(CS(=O)(=O)Cc1c(F)cccc1Cl)N1CCOCC1. The van der Waals surface area contributed by atoms with Gasteiger partial charge in [0.2, 0.25) is 5.91 Å². The third-order valence-electron chi connectivity index (χ3n) is 3.13. The Labute approximate surface area is 127 Å². The second kappa shape index (κ2) is 6.72. The number of hydrogen-bond donors (Lipinski definition) is 0. The molecule has 1 aromatic rings. The van der Waals surface area contributed by atoms with E-state index in [1.165, 1.54) is 17.0 Å². The van der Waals surface area contributed by atoms with Crippen LogP contribution in [0.25, 0.3) is 0 Å². The van der Waals surface area contributed by atoms with Crippen molar-refractivity contribution in [1.29, 1.82) is 0 Å². The van der Waals surface area contributed by atoms with Gasteiger partial charge in [0.15, 0.2) is 9.84 Å². The van der Waals surface area contributed by atoms with Crippen LogP contribution < -0.4 is 0 Å². The number of carbonyl (C=O) groups excluding carboxylic acids is 1. The molecule has 8 heteroatoms. The minimum atomic E-state index is -3.78. The molecule has 0 bridgehead atoms. The standard InChI is InChI=1S/C13H15ClFNO4S/c14-11-2-1-3-12(15)10(11)8-21(18,19)9-13(17)16-4-6-20-7-5-16/h1-3H,4-9H2. The molecule has 1 fully saturated rings. The summed E-state index contributed by atoms with van der Waals surface area (Å²) in [6, 6.07) is 3.95. The van der Waals surface area contributed by atoms with Gasteiger partial charge in [0.05, 0.1) is 19.0 Å². The van der Waals surface area contributed by atoms with E-state index in [0.29, 0.717) is 26.3 Å². The van der Waals surface area contributed by atoms with Gasteiger partial charge < -0.3 is 9.64 Å². The van der Waals surface area contributed by atoms with E-state index in [2.05, 4.69) is 0 Å². The van der Waals surface area contributed by atoms with Crippen molar-refractivity contribution >= 4 is 27.3 Å². The van der Waals surface area contributed by atoms with Crippen LogP contribution in [0.3, 0.4) is 0 Å². The molecule has 0 saturated carbocycles. The highest BCUT2D eigenvalue weighted by molar-refractivity contribution is 7.91. The molecule has 2 rings (SSSR count). The zero-order chi connectivity index (χ0) is 15.5. The lowest BCUT2D eigenvalue weighted by Gasteiger charge is -2.26. The Morgan fingerprint density at radius 3 is 2.62 bits per heavy atom. The first-order valence-corrected chi connectivity index (χ1v) is 8.58. The summed E-state index contributed by atoms with van der Waals surface area (Å²) in [5.74, 6) is -2.43. The fraction of sp³-hybridized carbons (Fsp3) is 0.462. The Bertz CT molecular complexity index is 609. The van der Waals surface area contributed by atoms with Crippen LogP contribution in [0.2, 0.25) is 5.02 Å². The summed E-state index contributed by atoms with van der Waals surface area (Å²) in [5.41, 5.74) is -0.103. The zero-order valence-corrected chi connectivity index (χ0v) is 12.8. The van der Waals surface area contributed by atoms with Crippen LogP contribution in [-0.2, 0) is 25.1 Å². The van der Waals surface area contributed by atoms with Crippen molar-refractivity contribution in [1.82, 2.24) is 4.90 Å². The van der Waals surface area contributed by atoms with Crippen molar-refractivity contribution in [3.8, 4) is 0 Å². The molecule has 0 spiro atoms. The van der Waals surface area contributed by atoms with E-state index in [1.54, 1.807) is 0 Å². The van der Waals surface area contributed by atoms with Gasteiger partial charge in [-0.1, -0.05) is 17.7 Å². The van der Waals surface area contributed by atoms with Gasteiger partial charge in [0.25, 0.3) is 0 Å². The maximum absolute atomic E-state index is 13.6. The van der Waals surface area contributed by atoms with Crippen LogP contribution in [-0.4, -0.2) is 51.3 Å². The van der Waals surface area contributed by atoms with Crippen LogP contribution in [0.1, 0.15) is 5.56 Å². The first-order chi connectivity index (χ1) is 9.89. The molecule has 1 heterocycles. The van der Waals surface area contributed by atoms with E-state index in [9.17, 15) is 17.6 Å². The first kappa shape index (κ1) is 16.2. The lowest BCUT2D eigenvalue weighted by Crippen LogP contribution is -2.43. The fourth-order valence-electron chi connectivity index (χ4n) is 2.03.